The molecule has 1 amide bonds. The number of halogens is 1. The van der Waals surface area contributed by atoms with E-state index < -0.39 is 23.8 Å². The van der Waals surface area contributed by atoms with Crippen LogP contribution >= 0.6 is 0 Å². The van der Waals surface area contributed by atoms with Crippen molar-refractivity contribution in [3.05, 3.63) is 101 Å². The summed E-state index contributed by atoms with van der Waals surface area (Å²) < 4.78 is 19.3. The third kappa shape index (κ3) is 5.38. The molecule has 0 aliphatic heterocycles. The number of hydrogen-bond donors (Lipinski definition) is 1. The number of carbonyl (C=O) groups excluding carboxylic acids is 3. The summed E-state index contributed by atoms with van der Waals surface area (Å²) in [6, 6.07) is 20.9. The van der Waals surface area contributed by atoms with E-state index >= 15 is 0 Å². The van der Waals surface area contributed by atoms with Gasteiger partial charge >= 0.3 is 5.97 Å². The number of benzene rings is 3. The van der Waals surface area contributed by atoms with E-state index in [-0.39, 0.29) is 17.8 Å². The van der Waals surface area contributed by atoms with Crippen molar-refractivity contribution in [2.45, 2.75) is 19.4 Å². The zero-order valence-electron chi connectivity index (χ0n) is 16.3. The Balaban J connectivity index is 1.79. The van der Waals surface area contributed by atoms with Crippen molar-refractivity contribution >= 4 is 23.3 Å². The van der Waals surface area contributed by atoms with E-state index in [4.69, 9.17) is 4.74 Å². The minimum Gasteiger partial charge on any atom is -0.447 e. The summed E-state index contributed by atoms with van der Waals surface area (Å²) in [5.74, 6) is -1.97. The van der Waals surface area contributed by atoms with Gasteiger partial charge in [0.25, 0.3) is 5.91 Å². The first-order valence-electron chi connectivity index (χ1n) is 9.34. The Morgan fingerprint density at radius 1 is 0.933 bits per heavy atom. The molecule has 0 radical (unpaired) electrons. The highest BCUT2D eigenvalue weighted by Crippen LogP contribution is 2.22. The molecule has 30 heavy (non-hydrogen) atoms. The number of ether oxygens (including phenoxy) is 1. The molecular formula is C24H20FNO4. The van der Waals surface area contributed by atoms with Gasteiger partial charge in [-0.2, -0.15) is 0 Å². The van der Waals surface area contributed by atoms with Crippen molar-refractivity contribution in [3.8, 4) is 0 Å². The van der Waals surface area contributed by atoms with Crippen molar-refractivity contribution in [2.24, 2.45) is 0 Å². The molecule has 3 rings (SSSR count). The van der Waals surface area contributed by atoms with Crippen molar-refractivity contribution in [1.82, 2.24) is 0 Å². The Morgan fingerprint density at radius 3 is 2.33 bits per heavy atom. The van der Waals surface area contributed by atoms with Crippen LogP contribution in [-0.4, -0.2) is 17.7 Å². The molecule has 6 heteroatoms. The second kappa shape index (κ2) is 9.60. The SMILES string of the molecule is CC(=O)c1cccc(NC(=O)C(OC(=O)Cc2ccccc2F)c2ccccc2)c1. The summed E-state index contributed by atoms with van der Waals surface area (Å²) in [7, 11) is 0. The van der Waals surface area contributed by atoms with E-state index in [0.29, 0.717) is 16.8 Å². The van der Waals surface area contributed by atoms with Crippen LogP contribution < -0.4 is 5.32 Å². The minimum atomic E-state index is -1.23. The van der Waals surface area contributed by atoms with Gasteiger partial charge in [-0.15, -0.1) is 0 Å². The number of esters is 1. The van der Waals surface area contributed by atoms with Gasteiger partial charge in [0.15, 0.2) is 5.78 Å². The van der Waals surface area contributed by atoms with Crippen molar-refractivity contribution in [3.63, 3.8) is 0 Å². The number of rotatable bonds is 7. The molecule has 0 spiro atoms. The normalized spacial score (nSPS) is 11.4. The molecule has 1 N–H and O–H groups in total. The second-order valence-electron chi connectivity index (χ2n) is 6.68. The van der Waals surface area contributed by atoms with Crippen LogP contribution in [-0.2, 0) is 20.7 Å². The van der Waals surface area contributed by atoms with Crippen LogP contribution in [0.4, 0.5) is 10.1 Å². The van der Waals surface area contributed by atoms with Gasteiger partial charge in [-0.1, -0.05) is 60.7 Å². The molecular weight excluding hydrogens is 385 g/mol. The average Bonchev–Trinajstić information content (AvgIpc) is 2.74. The van der Waals surface area contributed by atoms with E-state index in [0.717, 1.165) is 0 Å². The lowest BCUT2D eigenvalue weighted by atomic mass is 10.1. The molecule has 0 aromatic heterocycles. The lowest BCUT2D eigenvalue weighted by Gasteiger charge is -2.18. The Bertz CT molecular complexity index is 1070. The van der Waals surface area contributed by atoms with Gasteiger partial charge in [0.1, 0.15) is 5.82 Å². The Kier molecular flexibility index (Phi) is 6.70. The zero-order valence-corrected chi connectivity index (χ0v) is 16.3. The number of carbonyl (C=O) groups is 3. The molecule has 1 atom stereocenters. The predicted octanol–water partition coefficient (Wildman–Crippen LogP) is 4.49. The molecule has 3 aromatic rings. The molecule has 0 aliphatic carbocycles. The summed E-state index contributed by atoms with van der Waals surface area (Å²) in [6.45, 7) is 1.43. The minimum absolute atomic E-state index is 0.137. The van der Waals surface area contributed by atoms with Crippen LogP contribution in [0.5, 0.6) is 0 Å². The maximum Gasteiger partial charge on any atom is 0.311 e. The van der Waals surface area contributed by atoms with Gasteiger partial charge in [0, 0.05) is 16.8 Å². The maximum absolute atomic E-state index is 13.8. The van der Waals surface area contributed by atoms with Gasteiger partial charge in [-0.25, -0.2) is 4.39 Å². The number of nitrogens with one attached hydrogen (secondary N) is 1. The summed E-state index contributed by atoms with van der Waals surface area (Å²) in [4.78, 5) is 36.9. The second-order valence-corrected chi connectivity index (χ2v) is 6.68. The van der Waals surface area contributed by atoms with Crippen LogP contribution in [0, 0.1) is 5.82 Å². The third-order valence-electron chi connectivity index (χ3n) is 4.42. The van der Waals surface area contributed by atoms with E-state index in [2.05, 4.69) is 5.32 Å². The van der Waals surface area contributed by atoms with Crippen molar-refractivity contribution in [1.29, 1.82) is 0 Å². The molecule has 0 saturated carbocycles. The fraction of sp³-hybridized carbons (Fsp3) is 0.125. The fourth-order valence-electron chi connectivity index (χ4n) is 2.89. The lowest BCUT2D eigenvalue weighted by molar-refractivity contribution is -0.154. The molecule has 152 valence electrons. The quantitative estimate of drug-likeness (QED) is 0.464. The van der Waals surface area contributed by atoms with Gasteiger partial charge in [0.05, 0.1) is 6.42 Å². The predicted molar refractivity (Wildman–Crippen MR) is 110 cm³/mol. The first kappa shape index (κ1) is 20.9. The summed E-state index contributed by atoms with van der Waals surface area (Å²) in [5.41, 5.74) is 1.50. The number of ketones is 1. The molecule has 0 aliphatic rings. The zero-order chi connectivity index (χ0) is 21.5. The standard InChI is InChI=1S/C24H20FNO4/c1-16(27)18-11-7-12-20(14-18)26-24(29)23(17-8-3-2-4-9-17)30-22(28)15-19-10-5-6-13-21(19)25/h2-14,23H,15H2,1H3,(H,26,29). The lowest BCUT2D eigenvalue weighted by Crippen LogP contribution is -2.26. The van der Waals surface area contributed by atoms with E-state index in [1.54, 1.807) is 60.7 Å². The molecule has 0 heterocycles. The van der Waals surface area contributed by atoms with E-state index in [9.17, 15) is 18.8 Å². The topological polar surface area (TPSA) is 72.5 Å². The van der Waals surface area contributed by atoms with Crippen LogP contribution in [0.2, 0.25) is 0 Å². The molecule has 0 fully saturated rings. The summed E-state index contributed by atoms with van der Waals surface area (Å²) >= 11 is 0. The molecule has 1 unspecified atom stereocenters. The van der Waals surface area contributed by atoms with Gasteiger partial charge in [0.2, 0.25) is 6.10 Å². The first-order chi connectivity index (χ1) is 14.4. The van der Waals surface area contributed by atoms with Crippen LogP contribution in [0.25, 0.3) is 0 Å². The monoisotopic (exact) mass is 405 g/mol. The average molecular weight is 405 g/mol. The number of Topliss-reactive ketones (excluding diaryl/α,β-unsaturated/α-hetero) is 1. The largest absolute Gasteiger partial charge is 0.447 e. The number of anilines is 1. The van der Waals surface area contributed by atoms with Crippen molar-refractivity contribution < 1.29 is 23.5 Å². The summed E-state index contributed by atoms with van der Waals surface area (Å²) in [6.07, 6.45) is -1.53. The van der Waals surface area contributed by atoms with Gasteiger partial charge in [-0.3, -0.25) is 14.4 Å². The van der Waals surface area contributed by atoms with Crippen molar-refractivity contribution in [2.75, 3.05) is 5.32 Å². The van der Waals surface area contributed by atoms with Crippen LogP contribution in [0.15, 0.2) is 78.9 Å². The highest BCUT2D eigenvalue weighted by atomic mass is 19.1. The molecule has 5 nitrogen and oxygen atoms in total. The third-order valence-corrected chi connectivity index (χ3v) is 4.42. The van der Waals surface area contributed by atoms with Gasteiger partial charge < -0.3 is 10.1 Å². The highest BCUT2D eigenvalue weighted by molar-refractivity contribution is 5.99. The van der Waals surface area contributed by atoms with Crippen LogP contribution in [0.1, 0.15) is 34.5 Å². The molecule has 0 bridgehead atoms. The number of amides is 1. The van der Waals surface area contributed by atoms with E-state index in [1.807, 2.05) is 0 Å². The highest BCUT2D eigenvalue weighted by Gasteiger charge is 2.25. The van der Waals surface area contributed by atoms with Gasteiger partial charge in [-0.05, 0) is 30.7 Å². The summed E-state index contributed by atoms with van der Waals surface area (Å²) in [5, 5.41) is 2.67. The first-order valence-corrected chi connectivity index (χ1v) is 9.34. The van der Waals surface area contributed by atoms with E-state index in [1.165, 1.54) is 25.1 Å². The number of hydrogen-bond acceptors (Lipinski definition) is 4. The van der Waals surface area contributed by atoms with Crippen LogP contribution in [0.3, 0.4) is 0 Å². The Morgan fingerprint density at radius 2 is 1.63 bits per heavy atom. The smallest absolute Gasteiger partial charge is 0.311 e. The fourth-order valence-corrected chi connectivity index (χ4v) is 2.89. The Labute approximate surface area is 173 Å². The molecule has 0 saturated heterocycles. The molecule has 3 aromatic carbocycles. The maximum atomic E-state index is 13.8. The Hall–Kier alpha value is -3.80.